The van der Waals surface area contributed by atoms with Crippen molar-refractivity contribution in [3.63, 3.8) is 0 Å². The van der Waals surface area contributed by atoms with Gasteiger partial charge in [-0.3, -0.25) is 4.79 Å². The standard InChI is InChI=1S/C15H22N2O2/c1-17(2)13-7-5-12(6-8-13)15(18)16-10-9-14-4-3-11-19-14/h5-8,14H,3-4,9-11H2,1-2H3,(H,16,18). The van der Waals surface area contributed by atoms with Crippen LogP contribution in [0.1, 0.15) is 29.6 Å². The van der Waals surface area contributed by atoms with Crippen LogP contribution in [0.5, 0.6) is 0 Å². The molecule has 1 amide bonds. The Kier molecular flexibility index (Phi) is 4.80. The van der Waals surface area contributed by atoms with Gasteiger partial charge in [0.2, 0.25) is 0 Å². The molecule has 0 radical (unpaired) electrons. The third kappa shape index (κ3) is 3.96. The van der Waals surface area contributed by atoms with Gasteiger partial charge in [0, 0.05) is 38.5 Å². The number of ether oxygens (including phenoxy) is 1. The van der Waals surface area contributed by atoms with Gasteiger partial charge >= 0.3 is 0 Å². The van der Waals surface area contributed by atoms with Crippen molar-refractivity contribution in [1.29, 1.82) is 0 Å². The van der Waals surface area contributed by atoms with E-state index in [-0.39, 0.29) is 5.91 Å². The summed E-state index contributed by atoms with van der Waals surface area (Å²) in [6, 6.07) is 7.62. The van der Waals surface area contributed by atoms with Crippen molar-refractivity contribution in [2.75, 3.05) is 32.1 Å². The average Bonchev–Trinajstić information content (AvgIpc) is 2.92. The highest BCUT2D eigenvalue weighted by atomic mass is 16.5. The highest BCUT2D eigenvalue weighted by Gasteiger charge is 2.15. The quantitative estimate of drug-likeness (QED) is 0.883. The smallest absolute Gasteiger partial charge is 0.251 e. The fourth-order valence-corrected chi connectivity index (χ4v) is 2.23. The second-order valence-corrected chi connectivity index (χ2v) is 5.12. The first kappa shape index (κ1) is 13.9. The third-order valence-corrected chi connectivity index (χ3v) is 3.42. The Morgan fingerprint density at radius 2 is 2.11 bits per heavy atom. The predicted molar refractivity (Wildman–Crippen MR) is 76.7 cm³/mol. The van der Waals surface area contributed by atoms with E-state index < -0.39 is 0 Å². The lowest BCUT2D eigenvalue weighted by molar-refractivity contribution is 0.0907. The SMILES string of the molecule is CN(C)c1ccc(C(=O)NCCC2CCCO2)cc1. The van der Waals surface area contributed by atoms with Gasteiger partial charge < -0.3 is 15.0 Å². The van der Waals surface area contributed by atoms with E-state index in [1.165, 1.54) is 0 Å². The molecule has 1 saturated heterocycles. The fourth-order valence-electron chi connectivity index (χ4n) is 2.23. The predicted octanol–water partition coefficient (Wildman–Crippen LogP) is 2.05. The summed E-state index contributed by atoms with van der Waals surface area (Å²) in [6.45, 7) is 1.55. The minimum absolute atomic E-state index is 0.0108. The molecule has 0 aromatic heterocycles. The zero-order chi connectivity index (χ0) is 13.7. The van der Waals surface area contributed by atoms with Crippen LogP contribution in [0.4, 0.5) is 5.69 Å². The minimum Gasteiger partial charge on any atom is -0.378 e. The van der Waals surface area contributed by atoms with Crippen LogP contribution >= 0.6 is 0 Å². The maximum Gasteiger partial charge on any atom is 0.251 e. The van der Waals surface area contributed by atoms with E-state index in [0.29, 0.717) is 18.2 Å². The summed E-state index contributed by atoms with van der Waals surface area (Å²) in [5.41, 5.74) is 1.80. The molecule has 104 valence electrons. The van der Waals surface area contributed by atoms with Crippen LogP contribution < -0.4 is 10.2 Å². The maximum atomic E-state index is 11.9. The zero-order valence-corrected chi connectivity index (χ0v) is 11.7. The number of amides is 1. The van der Waals surface area contributed by atoms with Gasteiger partial charge in [0.1, 0.15) is 0 Å². The van der Waals surface area contributed by atoms with Crippen LogP contribution in [0.25, 0.3) is 0 Å². The molecule has 0 spiro atoms. The summed E-state index contributed by atoms with van der Waals surface area (Å²) in [4.78, 5) is 13.9. The molecule has 4 heteroatoms. The van der Waals surface area contributed by atoms with Gasteiger partial charge in [-0.15, -0.1) is 0 Å². The number of nitrogens with one attached hydrogen (secondary N) is 1. The lowest BCUT2D eigenvalue weighted by Crippen LogP contribution is -2.27. The van der Waals surface area contributed by atoms with Crippen LogP contribution in [0, 0.1) is 0 Å². The molecule has 1 N–H and O–H groups in total. The van der Waals surface area contributed by atoms with Gasteiger partial charge in [0.15, 0.2) is 0 Å². The molecule has 0 bridgehead atoms. The number of carbonyl (C=O) groups is 1. The molecule has 0 saturated carbocycles. The van der Waals surface area contributed by atoms with E-state index in [0.717, 1.165) is 31.6 Å². The molecule has 2 rings (SSSR count). The van der Waals surface area contributed by atoms with Crippen LogP contribution in [0.15, 0.2) is 24.3 Å². The number of rotatable bonds is 5. The first-order valence-corrected chi connectivity index (χ1v) is 6.84. The van der Waals surface area contributed by atoms with E-state index in [1.807, 2.05) is 43.3 Å². The van der Waals surface area contributed by atoms with E-state index in [2.05, 4.69) is 5.32 Å². The van der Waals surface area contributed by atoms with Crippen LogP contribution in [-0.2, 0) is 4.74 Å². The third-order valence-electron chi connectivity index (χ3n) is 3.42. The lowest BCUT2D eigenvalue weighted by Gasteiger charge is -2.13. The van der Waals surface area contributed by atoms with Gasteiger partial charge in [0.05, 0.1) is 6.10 Å². The van der Waals surface area contributed by atoms with Gasteiger partial charge in [-0.1, -0.05) is 0 Å². The van der Waals surface area contributed by atoms with E-state index in [1.54, 1.807) is 0 Å². The highest BCUT2D eigenvalue weighted by Crippen LogP contribution is 2.15. The van der Waals surface area contributed by atoms with Crippen molar-refractivity contribution >= 4 is 11.6 Å². The molecule has 0 aliphatic carbocycles. The Morgan fingerprint density at radius 3 is 2.68 bits per heavy atom. The largest absolute Gasteiger partial charge is 0.378 e. The van der Waals surface area contributed by atoms with Crippen LogP contribution in [0.2, 0.25) is 0 Å². The van der Waals surface area contributed by atoms with E-state index in [9.17, 15) is 4.79 Å². The van der Waals surface area contributed by atoms with E-state index >= 15 is 0 Å². The molecule has 4 nitrogen and oxygen atoms in total. The Labute approximate surface area is 114 Å². The van der Waals surface area contributed by atoms with Gasteiger partial charge in [-0.05, 0) is 43.5 Å². The Bertz CT molecular complexity index is 409. The van der Waals surface area contributed by atoms with Crippen LogP contribution in [0.3, 0.4) is 0 Å². The summed E-state index contributed by atoms with van der Waals surface area (Å²) in [7, 11) is 3.97. The molecule has 1 aromatic carbocycles. The normalized spacial score (nSPS) is 18.3. The van der Waals surface area contributed by atoms with Crippen LogP contribution in [-0.4, -0.2) is 39.3 Å². The lowest BCUT2D eigenvalue weighted by atomic mass is 10.1. The molecule has 1 atom stereocenters. The topological polar surface area (TPSA) is 41.6 Å². The summed E-state index contributed by atoms with van der Waals surface area (Å²) in [5.74, 6) is -0.0108. The number of nitrogens with zero attached hydrogens (tertiary/aromatic N) is 1. The number of hydrogen-bond donors (Lipinski definition) is 1. The summed E-state index contributed by atoms with van der Waals surface area (Å²) < 4.78 is 5.53. The van der Waals surface area contributed by atoms with Crippen molar-refractivity contribution in [3.05, 3.63) is 29.8 Å². The molecule has 19 heavy (non-hydrogen) atoms. The van der Waals surface area contributed by atoms with Gasteiger partial charge in [0.25, 0.3) is 5.91 Å². The number of carbonyl (C=O) groups excluding carboxylic acids is 1. The highest BCUT2D eigenvalue weighted by molar-refractivity contribution is 5.94. The number of anilines is 1. The van der Waals surface area contributed by atoms with E-state index in [4.69, 9.17) is 4.74 Å². The number of hydrogen-bond acceptors (Lipinski definition) is 3. The second-order valence-electron chi connectivity index (χ2n) is 5.12. The summed E-state index contributed by atoms with van der Waals surface area (Å²) in [5, 5.41) is 2.94. The van der Waals surface area contributed by atoms with Crippen molar-refractivity contribution in [2.45, 2.75) is 25.4 Å². The first-order valence-electron chi connectivity index (χ1n) is 6.84. The fraction of sp³-hybridized carbons (Fsp3) is 0.533. The summed E-state index contributed by atoms with van der Waals surface area (Å²) in [6.07, 6.45) is 3.50. The molecule has 1 aliphatic heterocycles. The van der Waals surface area contributed by atoms with Crippen molar-refractivity contribution < 1.29 is 9.53 Å². The van der Waals surface area contributed by atoms with Crippen molar-refractivity contribution in [1.82, 2.24) is 5.32 Å². The first-order chi connectivity index (χ1) is 9.16. The average molecular weight is 262 g/mol. The van der Waals surface area contributed by atoms with Gasteiger partial charge in [-0.2, -0.15) is 0 Å². The van der Waals surface area contributed by atoms with Crippen molar-refractivity contribution in [3.8, 4) is 0 Å². The Balaban J connectivity index is 1.78. The Hall–Kier alpha value is -1.55. The molecule has 1 aliphatic rings. The molecular weight excluding hydrogens is 240 g/mol. The maximum absolute atomic E-state index is 11.9. The number of benzene rings is 1. The Morgan fingerprint density at radius 1 is 1.37 bits per heavy atom. The molecule has 1 unspecified atom stereocenters. The van der Waals surface area contributed by atoms with Gasteiger partial charge in [-0.25, -0.2) is 0 Å². The minimum atomic E-state index is -0.0108. The molecule has 1 aromatic rings. The molecular formula is C15H22N2O2. The summed E-state index contributed by atoms with van der Waals surface area (Å²) >= 11 is 0. The monoisotopic (exact) mass is 262 g/mol. The zero-order valence-electron chi connectivity index (χ0n) is 11.7. The molecule has 1 heterocycles. The van der Waals surface area contributed by atoms with Crippen molar-refractivity contribution in [2.24, 2.45) is 0 Å². The second kappa shape index (κ2) is 6.57. The molecule has 1 fully saturated rings.